The Bertz CT molecular complexity index is 251. The van der Waals surface area contributed by atoms with E-state index in [-0.39, 0.29) is 18.4 Å². The van der Waals surface area contributed by atoms with E-state index in [1.807, 2.05) is 0 Å². The van der Waals surface area contributed by atoms with Crippen molar-refractivity contribution < 1.29 is 17.9 Å². The quantitative estimate of drug-likeness (QED) is 0.709. The van der Waals surface area contributed by atoms with Crippen molar-refractivity contribution in [2.45, 2.75) is 51.8 Å². The Morgan fingerprint density at radius 1 is 1.19 bits per heavy atom. The molecule has 3 aliphatic rings. The molecule has 1 nitrogen and oxygen atoms in total. The number of rotatable bonds is 2. The first-order valence-electron chi connectivity index (χ1n) is 5.98. The molecule has 2 saturated heterocycles. The third kappa shape index (κ3) is 2.22. The topological polar surface area (TPSA) is 9.23 Å². The van der Waals surface area contributed by atoms with Crippen molar-refractivity contribution in [1.29, 1.82) is 0 Å². The molecule has 0 amide bonds. The molecule has 16 heavy (non-hydrogen) atoms. The van der Waals surface area contributed by atoms with Gasteiger partial charge in [-0.3, -0.25) is 0 Å². The number of halogens is 3. The third-order valence-electron chi connectivity index (χ3n) is 4.11. The van der Waals surface area contributed by atoms with Gasteiger partial charge in [-0.1, -0.05) is 13.8 Å². The fourth-order valence-corrected chi connectivity index (χ4v) is 2.95. The molecule has 3 fully saturated rings. The molecule has 0 N–H and O–H groups in total. The van der Waals surface area contributed by atoms with Crippen LogP contribution in [0.25, 0.3) is 0 Å². The Kier molecular flexibility index (Phi) is 2.97. The molecule has 0 aromatic heterocycles. The molecular formula is C12H19F3O. The predicted molar refractivity (Wildman–Crippen MR) is 55.0 cm³/mol. The fourth-order valence-electron chi connectivity index (χ4n) is 2.95. The normalized spacial score (nSPS) is 35.4. The number of hydrogen-bond donors (Lipinski definition) is 0. The summed E-state index contributed by atoms with van der Waals surface area (Å²) < 4.78 is 44.0. The van der Waals surface area contributed by atoms with Gasteiger partial charge in [0, 0.05) is 6.61 Å². The highest BCUT2D eigenvalue weighted by Gasteiger charge is 2.50. The van der Waals surface area contributed by atoms with Crippen LogP contribution >= 0.6 is 0 Å². The van der Waals surface area contributed by atoms with Gasteiger partial charge in [0.05, 0.1) is 11.5 Å². The van der Waals surface area contributed by atoms with Crippen LogP contribution < -0.4 is 0 Å². The van der Waals surface area contributed by atoms with Crippen molar-refractivity contribution in [3.8, 4) is 0 Å². The summed E-state index contributed by atoms with van der Waals surface area (Å²) >= 11 is 0. The molecule has 2 bridgehead atoms. The summed E-state index contributed by atoms with van der Waals surface area (Å²) in [5, 5.41) is 0. The Balaban J connectivity index is 2.00. The van der Waals surface area contributed by atoms with Crippen molar-refractivity contribution in [2.75, 3.05) is 6.61 Å². The monoisotopic (exact) mass is 236 g/mol. The smallest absolute Gasteiger partial charge is 0.378 e. The van der Waals surface area contributed by atoms with Gasteiger partial charge in [0.25, 0.3) is 0 Å². The van der Waals surface area contributed by atoms with Crippen LogP contribution in [0.5, 0.6) is 0 Å². The summed E-state index contributed by atoms with van der Waals surface area (Å²) in [5.41, 5.74) is -1.58. The van der Waals surface area contributed by atoms with E-state index in [0.29, 0.717) is 5.92 Å². The summed E-state index contributed by atoms with van der Waals surface area (Å²) in [5.74, 6) is 0.600. The van der Waals surface area contributed by atoms with Crippen LogP contribution in [0.4, 0.5) is 13.2 Å². The SMILES string of the molecule is CC(C)(CC1CC2CCC1OC2)C(F)(F)F. The zero-order chi connectivity index (χ0) is 12.0. The molecule has 0 radical (unpaired) electrons. The first-order chi connectivity index (χ1) is 7.29. The summed E-state index contributed by atoms with van der Waals surface area (Å²) in [6, 6.07) is 0. The highest BCUT2D eigenvalue weighted by Crippen LogP contribution is 2.48. The molecule has 1 saturated carbocycles. The summed E-state index contributed by atoms with van der Waals surface area (Å²) in [4.78, 5) is 0. The highest BCUT2D eigenvalue weighted by molar-refractivity contribution is 4.90. The van der Waals surface area contributed by atoms with Crippen LogP contribution in [0.15, 0.2) is 0 Å². The van der Waals surface area contributed by atoms with Gasteiger partial charge in [-0.05, 0) is 37.5 Å². The zero-order valence-electron chi connectivity index (χ0n) is 9.81. The first kappa shape index (κ1) is 12.2. The van der Waals surface area contributed by atoms with Crippen LogP contribution in [0.3, 0.4) is 0 Å². The van der Waals surface area contributed by atoms with Gasteiger partial charge in [-0.15, -0.1) is 0 Å². The summed E-state index contributed by atoms with van der Waals surface area (Å²) in [6.07, 6.45) is -0.825. The minimum atomic E-state index is -4.11. The van der Waals surface area contributed by atoms with Gasteiger partial charge in [-0.2, -0.15) is 13.2 Å². The number of ether oxygens (including phenoxy) is 1. The van der Waals surface area contributed by atoms with Crippen molar-refractivity contribution in [3.63, 3.8) is 0 Å². The molecule has 1 aliphatic carbocycles. The van der Waals surface area contributed by atoms with E-state index in [1.165, 1.54) is 13.8 Å². The molecule has 3 unspecified atom stereocenters. The molecule has 0 spiro atoms. The molecular weight excluding hydrogens is 217 g/mol. The van der Waals surface area contributed by atoms with Crippen LogP contribution in [0.2, 0.25) is 0 Å². The lowest BCUT2D eigenvalue weighted by Gasteiger charge is -2.45. The van der Waals surface area contributed by atoms with Gasteiger partial charge in [0.1, 0.15) is 0 Å². The second-order valence-electron chi connectivity index (χ2n) is 5.90. The maximum absolute atomic E-state index is 12.8. The fraction of sp³-hybridized carbons (Fsp3) is 1.00. The van der Waals surface area contributed by atoms with E-state index >= 15 is 0 Å². The summed E-state index contributed by atoms with van der Waals surface area (Å²) in [7, 11) is 0. The predicted octanol–water partition coefficient (Wildman–Crippen LogP) is 3.78. The van der Waals surface area contributed by atoms with Crippen LogP contribution in [0.1, 0.15) is 39.5 Å². The van der Waals surface area contributed by atoms with Crippen LogP contribution in [-0.4, -0.2) is 18.9 Å². The lowest BCUT2D eigenvalue weighted by Crippen LogP contribution is -2.44. The molecule has 4 heteroatoms. The number of hydrogen-bond acceptors (Lipinski definition) is 1. The minimum absolute atomic E-state index is 0.0756. The van der Waals surface area contributed by atoms with E-state index in [9.17, 15) is 13.2 Å². The van der Waals surface area contributed by atoms with E-state index in [0.717, 1.165) is 25.9 Å². The standard InChI is InChI=1S/C12H19F3O/c1-11(2,12(13,14)15)6-9-5-8-3-4-10(9)16-7-8/h8-10H,3-7H2,1-2H3. The van der Waals surface area contributed by atoms with Crippen molar-refractivity contribution in [3.05, 3.63) is 0 Å². The van der Waals surface area contributed by atoms with Crippen molar-refractivity contribution in [1.82, 2.24) is 0 Å². The molecule has 3 atom stereocenters. The number of fused-ring (bicyclic) bond motifs is 3. The molecule has 2 aliphatic heterocycles. The molecule has 3 rings (SSSR count). The first-order valence-corrected chi connectivity index (χ1v) is 5.98. The van der Waals surface area contributed by atoms with E-state index in [4.69, 9.17) is 4.74 Å². The Hall–Kier alpha value is -0.250. The third-order valence-corrected chi connectivity index (χ3v) is 4.11. The Morgan fingerprint density at radius 2 is 1.88 bits per heavy atom. The van der Waals surface area contributed by atoms with E-state index in [2.05, 4.69) is 0 Å². The molecule has 94 valence electrons. The maximum atomic E-state index is 12.8. The highest BCUT2D eigenvalue weighted by atomic mass is 19.4. The molecule has 0 aromatic rings. The van der Waals surface area contributed by atoms with Crippen LogP contribution in [0, 0.1) is 17.3 Å². The minimum Gasteiger partial charge on any atom is -0.378 e. The van der Waals surface area contributed by atoms with Gasteiger partial charge in [-0.25, -0.2) is 0 Å². The number of alkyl halides is 3. The van der Waals surface area contributed by atoms with Gasteiger partial charge < -0.3 is 4.74 Å². The second-order valence-corrected chi connectivity index (χ2v) is 5.90. The average molecular weight is 236 g/mol. The van der Waals surface area contributed by atoms with Crippen molar-refractivity contribution in [2.24, 2.45) is 17.3 Å². The van der Waals surface area contributed by atoms with Gasteiger partial charge in [0.15, 0.2) is 0 Å². The van der Waals surface area contributed by atoms with Gasteiger partial charge >= 0.3 is 6.18 Å². The Morgan fingerprint density at radius 3 is 2.25 bits per heavy atom. The lowest BCUT2D eigenvalue weighted by atomic mass is 9.70. The lowest BCUT2D eigenvalue weighted by molar-refractivity contribution is -0.225. The average Bonchev–Trinajstić information content (AvgIpc) is 2.17. The zero-order valence-corrected chi connectivity index (χ0v) is 9.81. The second kappa shape index (κ2) is 3.90. The van der Waals surface area contributed by atoms with E-state index < -0.39 is 11.6 Å². The van der Waals surface area contributed by atoms with Crippen LogP contribution in [-0.2, 0) is 4.74 Å². The Labute approximate surface area is 94.4 Å². The molecule has 0 aromatic carbocycles. The van der Waals surface area contributed by atoms with E-state index in [1.54, 1.807) is 0 Å². The van der Waals surface area contributed by atoms with Gasteiger partial charge in [0.2, 0.25) is 0 Å². The largest absolute Gasteiger partial charge is 0.393 e. The van der Waals surface area contributed by atoms with Crippen molar-refractivity contribution >= 4 is 0 Å². The molecule has 2 heterocycles. The summed E-state index contributed by atoms with van der Waals surface area (Å²) in [6.45, 7) is 3.36. The maximum Gasteiger partial charge on any atom is 0.393 e.